The predicted molar refractivity (Wildman–Crippen MR) is 79.0 cm³/mol. The maximum absolute atomic E-state index is 13.8. The van der Waals surface area contributed by atoms with Gasteiger partial charge in [0.25, 0.3) is 0 Å². The standard InChI is InChI=1S/C14H14ClFN2O2S/c1-10(11-5-3-4-6-13(11)16)18(2)21(19,20)14-9-17-8-7-12(14)15/h3-10H,1-2H3. The van der Waals surface area contributed by atoms with Gasteiger partial charge in [-0.2, -0.15) is 4.31 Å². The van der Waals surface area contributed by atoms with Crippen LogP contribution in [0.5, 0.6) is 0 Å². The molecule has 1 aromatic carbocycles. The van der Waals surface area contributed by atoms with Gasteiger partial charge in [-0.1, -0.05) is 29.8 Å². The van der Waals surface area contributed by atoms with Crippen molar-refractivity contribution < 1.29 is 12.8 Å². The number of hydrogen-bond acceptors (Lipinski definition) is 3. The minimum absolute atomic E-state index is 0.0811. The summed E-state index contributed by atoms with van der Waals surface area (Å²) in [6.45, 7) is 1.61. The molecule has 2 rings (SSSR count). The van der Waals surface area contributed by atoms with E-state index in [2.05, 4.69) is 4.98 Å². The minimum Gasteiger partial charge on any atom is -0.263 e. The number of hydrogen-bond donors (Lipinski definition) is 0. The van der Waals surface area contributed by atoms with E-state index in [9.17, 15) is 12.8 Å². The van der Waals surface area contributed by atoms with Crippen LogP contribution in [0.15, 0.2) is 47.6 Å². The Morgan fingerprint density at radius 2 is 1.95 bits per heavy atom. The van der Waals surface area contributed by atoms with Crippen molar-refractivity contribution in [1.29, 1.82) is 0 Å². The largest absolute Gasteiger partial charge is 0.263 e. The number of pyridine rings is 1. The Morgan fingerprint density at radius 3 is 2.57 bits per heavy atom. The van der Waals surface area contributed by atoms with Crippen molar-refractivity contribution in [3.8, 4) is 0 Å². The summed E-state index contributed by atoms with van der Waals surface area (Å²) in [4.78, 5) is 3.68. The SMILES string of the molecule is CC(c1ccccc1F)N(C)S(=O)(=O)c1cnccc1Cl. The third-order valence-corrected chi connectivity index (χ3v) is 5.69. The van der Waals surface area contributed by atoms with Crippen LogP contribution in [0.25, 0.3) is 0 Å². The highest BCUT2D eigenvalue weighted by Crippen LogP contribution is 2.29. The van der Waals surface area contributed by atoms with E-state index in [1.807, 2.05) is 0 Å². The second-order valence-corrected chi connectivity index (χ2v) is 6.90. The first kappa shape index (κ1) is 15.9. The summed E-state index contributed by atoms with van der Waals surface area (Å²) >= 11 is 5.91. The van der Waals surface area contributed by atoms with Crippen LogP contribution < -0.4 is 0 Å². The Bertz CT molecular complexity index is 752. The molecule has 0 saturated heterocycles. The molecule has 0 N–H and O–H groups in total. The van der Waals surface area contributed by atoms with Crippen LogP contribution in [-0.2, 0) is 10.0 Å². The van der Waals surface area contributed by atoms with E-state index in [-0.39, 0.29) is 9.92 Å². The lowest BCUT2D eigenvalue weighted by atomic mass is 10.1. The lowest BCUT2D eigenvalue weighted by Gasteiger charge is -2.25. The molecule has 0 aliphatic rings. The summed E-state index contributed by atoms with van der Waals surface area (Å²) in [5, 5.41) is 0.0811. The van der Waals surface area contributed by atoms with E-state index in [4.69, 9.17) is 11.6 Å². The van der Waals surface area contributed by atoms with Crippen LogP contribution in [0.4, 0.5) is 4.39 Å². The van der Waals surface area contributed by atoms with E-state index in [0.29, 0.717) is 5.56 Å². The first-order valence-electron chi connectivity index (χ1n) is 6.17. The fourth-order valence-electron chi connectivity index (χ4n) is 1.93. The van der Waals surface area contributed by atoms with Gasteiger partial charge in [-0.25, -0.2) is 12.8 Å². The molecular formula is C14H14ClFN2O2S. The summed E-state index contributed by atoms with van der Waals surface area (Å²) in [5.74, 6) is -0.454. The molecule has 4 nitrogen and oxygen atoms in total. The third kappa shape index (κ3) is 3.07. The fraction of sp³-hybridized carbons (Fsp3) is 0.214. The van der Waals surface area contributed by atoms with Crippen molar-refractivity contribution in [2.24, 2.45) is 0 Å². The normalized spacial score (nSPS) is 13.4. The fourth-order valence-corrected chi connectivity index (χ4v) is 3.67. The molecule has 0 spiro atoms. The Hall–Kier alpha value is -1.50. The van der Waals surface area contributed by atoms with Crippen LogP contribution >= 0.6 is 11.6 Å². The molecule has 1 heterocycles. The predicted octanol–water partition coefficient (Wildman–Crippen LogP) is 3.26. The Balaban J connectivity index is 2.42. The van der Waals surface area contributed by atoms with Crippen molar-refractivity contribution in [1.82, 2.24) is 9.29 Å². The Kier molecular flexibility index (Phi) is 4.61. The molecule has 7 heteroatoms. The highest BCUT2D eigenvalue weighted by Gasteiger charge is 2.29. The molecular weight excluding hydrogens is 315 g/mol. The molecule has 0 aliphatic carbocycles. The van der Waals surface area contributed by atoms with E-state index in [1.54, 1.807) is 25.1 Å². The molecule has 1 unspecified atom stereocenters. The molecule has 0 bridgehead atoms. The van der Waals surface area contributed by atoms with Gasteiger partial charge in [-0.05, 0) is 19.1 Å². The molecule has 21 heavy (non-hydrogen) atoms. The highest BCUT2D eigenvalue weighted by atomic mass is 35.5. The quantitative estimate of drug-likeness (QED) is 0.865. The first-order valence-corrected chi connectivity index (χ1v) is 7.99. The van der Waals surface area contributed by atoms with Crippen molar-refractivity contribution in [2.75, 3.05) is 7.05 Å². The van der Waals surface area contributed by atoms with Crippen LogP contribution in [0.3, 0.4) is 0 Å². The number of halogens is 2. The average molecular weight is 329 g/mol. The zero-order chi connectivity index (χ0) is 15.6. The van der Waals surface area contributed by atoms with Gasteiger partial charge >= 0.3 is 0 Å². The summed E-state index contributed by atoms with van der Waals surface area (Å²) in [6.07, 6.45) is 2.59. The lowest BCUT2D eigenvalue weighted by molar-refractivity contribution is 0.387. The van der Waals surface area contributed by atoms with Gasteiger partial charge in [-0.15, -0.1) is 0 Å². The van der Waals surface area contributed by atoms with Gasteiger partial charge in [-0.3, -0.25) is 4.98 Å². The third-order valence-electron chi connectivity index (χ3n) is 3.29. The van der Waals surface area contributed by atoms with Gasteiger partial charge < -0.3 is 0 Å². The average Bonchev–Trinajstić information content (AvgIpc) is 2.46. The topological polar surface area (TPSA) is 50.3 Å². The van der Waals surface area contributed by atoms with Gasteiger partial charge in [0.1, 0.15) is 10.7 Å². The second-order valence-electron chi connectivity index (χ2n) is 4.52. The van der Waals surface area contributed by atoms with E-state index in [1.165, 1.54) is 31.6 Å². The molecule has 112 valence electrons. The van der Waals surface area contributed by atoms with Gasteiger partial charge in [0, 0.05) is 31.0 Å². The van der Waals surface area contributed by atoms with Gasteiger partial charge in [0.15, 0.2) is 0 Å². The second kappa shape index (κ2) is 6.09. The van der Waals surface area contributed by atoms with Gasteiger partial charge in [0.05, 0.1) is 5.02 Å². The molecule has 0 amide bonds. The van der Waals surface area contributed by atoms with E-state index >= 15 is 0 Å². The molecule has 0 aliphatic heterocycles. The summed E-state index contributed by atoms with van der Waals surface area (Å²) in [6, 6.07) is 6.79. The van der Waals surface area contributed by atoms with E-state index < -0.39 is 21.9 Å². The molecule has 0 fully saturated rings. The Labute approximate surface area is 128 Å². The first-order chi connectivity index (χ1) is 9.85. The molecule has 0 saturated carbocycles. The summed E-state index contributed by atoms with van der Waals surface area (Å²) < 4.78 is 40.0. The summed E-state index contributed by atoms with van der Waals surface area (Å²) in [5.41, 5.74) is 0.295. The molecule has 1 atom stereocenters. The minimum atomic E-state index is -3.86. The maximum atomic E-state index is 13.8. The molecule has 1 aromatic heterocycles. The number of nitrogens with zero attached hydrogens (tertiary/aromatic N) is 2. The van der Waals surface area contributed by atoms with Crippen molar-refractivity contribution in [3.63, 3.8) is 0 Å². The zero-order valence-corrected chi connectivity index (χ0v) is 13.1. The summed E-state index contributed by atoms with van der Waals surface area (Å²) in [7, 11) is -2.48. The Morgan fingerprint density at radius 1 is 1.29 bits per heavy atom. The van der Waals surface area contributed by atoms with Crippen molar-refractivity contribution in [3.05, 3.63) is 59.1 Å². The maximum Gasteiger partial charge on any atom is 0.246 e. The number of sulfonamides is 1. The molecule has 0 radical (unpaired) electrons. The van der Waals surface area contributed by atoms with Crippen molar-refractivity contribution >= 4 is 21.6 Å². The number of rotatable bonds is 4. The zero-order valence-electron chi connectivity index (χ0n) is 11.5. The monoisotopic (exact) mass is 328 g/mol. The highest BCUT2D eigenvalue weighted by molar-refractivity contribution is 7.89. The number of aromatic nitrogens is 1. The van der Waals surface area contributed by atoms with Gasteiger partial charge in [0.2, 0.25) is 10.0 Å². The smallest absolute Gasteiger partial charge is 0.246 e. The lowest BCUT2D eigenvalue weighted by Crippen LogP contribution is -2.30. The van der Waals surface area contributed by atoms with Crippen molar-refractivity contribution in [2.45, 2.75) is 17.9 Å². The van der Waals surface area contributed by atoms with Crippen LogP contribution in [0.2, 0.25) is 5.02 Å². The molecule has 2 aromatic rings. The van der Waals surface area contributed by atoms with Crippen LogP contribution in [-0.4, -0.2) is 24.8 Å². The number of benzene rings is 1. The van der Waals surface area contributed by atoms with Crippen LogP contribution in [0.1, 0.15) is 18.5 Å². The van der Waals surface area contributed by atoms with E-state index in [0.717, 1.165) is 4.31 Å². The van der Waals surface area contributed by atoms with Crippen LogP contribution in [0, 0.1) is 5.82 Å².